The molecular formula is C15H28N2. The molecule has 0 bridgehead atoms. The molecule has 1 aromatic heterocycles. The number of aryl methyl sites for hydroxylation is 2. The van der Waals surface area contributed by atoms with Crippen LogP contribution >= 0.6 is 0 Å². The zero-order valence-electron chi connectivity index (χ0n) is 11.9. The van der Waals surface area contributed by atoms with E-state index in [-0.39, 0.29) is 0 Å². The van der Waals surface area contributed by atoms with Crippen LogP contribution in [0.5, 0.6) is 0 Å². The summed E-state index contributed by atoms with van der Waals surface area (Å²) in [6.07, 6.45) is 9.31. The topological polar surface area (TPSA) is 28.7 Å². The van der Waals surface area contributed by atoms with Crippen molar-refractivity contribution in [3.63, 3.8) is 0 Å². The van der Waals surface area contributed by atoms with E-state index in [1.807, 2.05) is 6.33 Å². The summed E-state index contributed by atoms with van der Waals surface area (Å²) in [5, 5.41) is 0. The Kier molecular flexibility index (Phi) is 6.31. The lowest BCUT2D eigenvalue weighted by molar-refractivity contribution is 0.544. The van der Waals surface area contributed by atoms with Gasteiger partial charge in [0.2, 0.25) is 0 Å². The van der Waals surface area contributed by atoms with Crippen molar-refractivity contribution in [2.75, 3.05) is 0 Å². The van der Waals surface area contributed by atoms with Crippen LogP contribution in [0.3, 0.4) is 0 Å². The highest BCUT2D eigenvalue weighted by Gasteiger charge is 2.06. The Morgan fingerprint density at radius 3 is 2.18 bits per heavy atom. The van der Waals surface area contributed by atoms with E-state index in [1.165, 1.54) is 37.1 Å². The fourth-order valence-corrected chi connectivity index (χ4v) is 2.15. The van der Waals surface area contributed by atoms with E-state index < -0.39 is 0 Å². The first-order valence-electron chi connectivity index (χ1n) is 7.10. The number of imidazole rings is 1. The van der Waals surface area contributed by atoms with Gasteiger partial charge in [0.05, 0.1) is 12.0 Å². The summed E-state index contributed by atoms with van der Waals surface area (Å²) in [5.41, 5.74) is 2.67. The summed E-state index contributed by atoms with van der Waals surface area (Å²) in [5.74, 6) is 1.61. The monoisotopic (exact) mass is 236 g/mol. The minimum absolute atomic E-state index is 0.804. The normalized spacial score (nSPS) is 11.6. The van der Waals surface area contributed by atoms with Gasteiger partial charge < -0.3 is 4.98 Å². The van der Waals surface area contributed by atoms with Gasteiger partial charge in [-0.25, -0.2) is 4.98 Å². The van der Waals surface area contributed by atoms with Gasteiger partial charge in [0.15, 0.2) is 0 Å². The molecule has 0 fully saturated rings. The molecule has 1 N–H and O–H groups in total. The van der Waals surface area contributed by atoms with Crippen LogP contribution in [0.1, 0.15) is 64.8 Å². The third-order valence-electron chi connectivity index (χ3n) is 3.21. The van der Waals surface area contributed by atoms with E-state index in [2.05, 4.69) is 37.7 Å². The van der Waals surface area contributed by atoms with Gasteiger partial charge in [-0.05, 0) is 37.5 Å². The highest BCUT2D eigenvalue weighted by Crippen LogP contribution is 2.14. The lowest BCUT2D eigenvalue weighted by atomic mass is 10.0. The molecule has 0 saturated carbocycles. The van der Waals surface area contributed by atoms with Crippen molar-refractivity contribution in [1.29, 1.82) is 0 Å². The van der Waals surface area contributed by atoms with Gasteiger partial charge in [-0.1, -0.05) is 40.5 Å². The molecule has 0 spiro atoms. The van der Waals surface area contributed by atoms with Crippen LogP contribution in [-0.4, -0.2) is 9.97 Å². The number of H-pyrrole nitrogens is 1. The van der Waals surface area contributed by atoms with Crippen LogP contribution in [0.25, 0.3) is 0 Å². The minimum atomic E-state index is 0.804. The second kappa shape index (κ2) is 7.52. The Hall–Kier alpha value is -0.790. The second-order valence-electron chi connectivity index (χ2n) is 5.90. The molecule has 0 aromatic carbocycles. The molecule has 1 heterocycles. The molecule has 0 atom stereocenters. The van der Waals surface area contributed by atoms with Crippen molar-refractivity contribution >= 4 is 0 Å². The maximum atomic E-state index is 4.46. The zero-order valence-corrected chi connectivity index (χ0v) is 11.9. The highest BCUT2D eigenvalue weighted by atomic mass is 14.9. The number of hydrogen-bond acceptors (Lipinski definition) is 1. The molecule has 0 aliphatic carbocycles. The van der Waals surface area contributed by atoms with Gasteiger partial charge in [-0.3, -0.25) is 0 Å². The van der Waals surface area contributed by atoms with Gasteiger partial charge in [-0.2, -0.15) is 0 Å². The summed E-state index contributed by atoms with van der Waals surface area (Å²) in [4.78, 5) is 7.76. The predicted molar refractivity (Wildman–Crippen MR) is 74.1 cm³/mol. The number of hydrogen-bond donors (Lipinski definition) is 1. The smallest absolute Gasteiger partial charge is 0.0925 e. The number of aromatic amines is 1. The summed E-state index contributed by atoms with van der Waals surface area (Å²) in [6, 6.07) is 0. The average molecular weight is 236 g/mol. The van der Waals surface area contributed by atoms with Crippen LogP contribution < -0.4 is 0 Å². The maximum absolute atomic E-state index is 4.46. The van der Waals surface area contributed by atoms with Crippen molar-refractivity contribution in [2.24, 2.45) is 11.8 Å². The van der Waals surface area contributed by atoms with E-state index in [0.717, 1.165) is 24.7 Å². The predicted octanol–water partition coefficient (Wildman–Crippen LogP) is 4.37. The fraction of sp³-hybridized carbons (Fsp3) is 0.800. The van der Waals surface area contributed by atoms with E-state index >= 15 is 0 Å². The Morgan fingerprint density at radius 2 is 1.59 bits per heavy atom. The molecule has 17 heavy (non-hydrogen) atoms. The number of aromatic nitrogens is 2. The summed E-state index contributed by atoms with van der Waals surface area (Å²) < 4.78 is 0. The quantitative estimate of drug-likeness (QED) is 0.713. The van der Waals surface area contributed by atoms with Crippen molar-refractivity contribution in [1.82, 2.24) is 9.97 Å². The summed E-state index contributed by atoms with van der Waals surface area (Å²) in [7, 11) is 0. The molecular weight excluding hydrogens is 208 g/mol. The third kappa shape index (κ3) is 5.90. The van der Waals surface area contributed by atoms with E-state index in [1.54, 1.807) is 0 Å². The van der Waals surface area contributed by atoms with Crippen LogP contribution in [-0.2, 0) is 12.8 Å². The van der Waals surface area contributed by atoms with Crippen molar-refractivity contribution in [2.45, 2.75) is 66.2 Å². The Labute approximate surface area is 106 Å². The molecule has 0 aliphatic heterocycles. The lowest BCUT2D eigenvalue weighted by Gasteiger charge is -2.06. The average Bonchev–Trinajstić information content (AvgIpc) is 2.65. The standard InChI is InChI=1S/C15H28N2/c1-12(2)7-5-9-14-15(17-11-16-14)10-6-8-13(3)4/h11-13H,5-10H2,1-4H3,(H,16,17). The van der Waals surface area contributed by atoms with Gasteiger partial charge >= 0.3 is 0 Å². The van der Waals surface area contributed by atoms with E-state index in [4.69, 9.17) is 0 Å². The lowest BCUT2D eigenvalue weighted by Crippen LogP contribution is -1.97. The van der Waals surface area contributed by atoms with Crippen LogP contribution in [0.4, 0.5) is 0 Å². The number of nitrogens with zero attached hydrogens (tertiary/aromatic N) is 1. The van der Waals surface area contributed by atoms with Gasteiger partial charge in [0.1, 0.15) is 0 Å². The number of rotatable bonds is 8. The number of nitrogens with one attached hydrogen (secondary N) is 1. The first kappa shape index (κ1) is 14.3. The van der Waals surface area contributed by atoms with Gasteiger partial charge in [-0.15, -0.1) is 0 Å². The minimum Gasteiger partial charge on any atom is -0.348 e. The first-order chi connectivity index (χ1) is 8.09. The molecule has 0 saturated heterocycles. The molecule has 1 rings (SSSR count). The summed E-state index contributed by atoms with van der Waals surface area (Å²) >= 11 is 0. The maximum Gasteiger partial charge on any atom is 0.0925 e. The van der Waals surface area contributed by atoms with E-state index in [0.29, 0.717) is 0 Å². The molecule has 2 heteroatoms. The van der Waals surface area contributed by atoms with Crippen LogP contribution in [0, 0.1) is 11.8 Å². The Balaban J connectivity index is 2.32. The van der Waals surface area contributed by atoms with Crippen molar-refractivity contribution < 1.29 is 0 Å². The second-order valence-corrected chi connectivity index (χ2v) is 5.90. The molecule has 0 unspecified atom stereocenters. The van der Waals surface area contributed by atoms with Crippen LogP contribution in [0.2, 0.25) is 0 Å². The van der Waals surface area contributed by atoms with Crippen LogP contribution in [0.15, 0.2) is 6.33 Å². The van der Waals surface area contributed by atoms with Crippen molar-refractivity contribution in [3.8, 4) is 0 Å². The zero-order chi connectivity index (χ0) is 12.7. The first-order valence-corrected chi connectivity index (χ1v) is 7.10. The van der Waals surface area contributed by atoms with Crippen molar-refractivity contribution in [3.05, 3.63) is 17.7 Å². The van der Waals surface area contributed by atoms with Gasteiger partial charge in [0.25, 0.3) is 0 Å². The third-order valence-corrected chi connectivity index (χ3v) is 3.21. The Morgan fingerprint density at radius 1 is 1.00 bits per heavy atom. The summed E-state index contributed by atoms with van der Waals surface area (Å²) in [6.45, 7) is 9.15. The largest absolute Gasteiger partial charge is 0.348 e. The highest BCUT2D eigenvalue weighted by molar-refractivity contribution is 5.11. The molecule has 0 amide bonds. The Bertz CT molecular complexity index is 271. The molecule has 0 aliphatic rings. The molecule has 1 aromatic rings. The fourth-order valence-electron chi connectivity index (χ4n) is 2.15. The van der Waals surface area contributed by atoms with Gasteiger partial charge in [0, 0.05) is 5.69 Å². The van der Waals surface area contributed by atoms with E-state index in [9.17, 15) is 0 Å². The molecule has 2 nitrogen and oxygen atoms in total. The molecule has 0 radical (unpaired) electrons. The SMILES string of the molecule is CC(C)CCCc1nc[nH]c1CCCC(C)C. The molecule has 98 valence electrons.